The lowest BCUT2D eigenvalue weighted by atomic mass is 10.1. The molecule has 7 heteroatoms. The SMILES string of the molecule is Nc1cn[nH]c1-c1cc(Br)ccc1OC(F)F. The average molecular weight is 304 g/mol. The van der Waals surface area contributed by atoms with Gasteiger partial charge in [0.2, 0.25) is 0 Å². The fourth-order valence-electron chi connectivity index (χ4n) is 1.41. The second-order valence-electron chi connectivity index (χ2n) is 3.22. The third-order valence-electron chi connectivity index (χ3n) is 2.10. The second-order valence-corrected chi connectivity index (χ2v) is 4.14. The number of nitrogens with two attached hydrogens (primary N) is 1. The molecular formula is C10H8BrF2N3O. The van der Waals surface area contributed by atoms with Crippen LogP contribution < -0.4 is 10.5 Å². The first-order valence-corrected chi connectivity index (χ1v) is 5.41. The summed E-state index contributed by atoms with van der Waals surface area (Å²) in [6.07, 6.45) is 1.41. The summed E-state index contributed by atoms with van der Waals surface area (Å²) in [5.74, 6) is 0.0409. The van der Waals surface area contributed by atoms with Gasteiger partial charge in [0.05, 0.1) is 17.6 Å². The number of nitrogens with zero attached hydrogens (tertiary/aromatic N) is 1. The van der Waals surface area contributed by atoms with Gasteiger partial charge in [-0.05, 0) is 18.2 Å². The van der Waals surface area contributed by atoms with Crippen LogP contribution in [0.1, 0.15) is 0 Å². The summed E-state index contributed by atoms with van der Waals surface area (Å²) in [5.41, 5.74) is 6.91. The summed E-state index contributed by atoms with van der Waals surface area (Å²) in [6.45, 7) is -2.89. The molecule has 0 radical (unpaired) electrons. The quantitative estimate of drug-likeness (QED) is 0.916. The molecule has 2 rings (SSSR count). The Morgan fingerprint density at radius 2 is 2.18 bits per heavy atom. The highest BCUT2D eigenvalue weighted by Gasteiger charge is 2.14. The minimum absolute atomic E-state index is 0.0409. The van der Waals surface area contributed by atoms with Crippen LogP contribution in [-0.4, -0.2) is 16.8 Å². The van der Waals surface area contributed by atoms with Crippen molar-refractivity contribution in [2.45, 2.75) is 6.61 Å². The van der Waals surface area contributed by atoms with Crippen molar-refractivity contribution in [3.8, 4) is 17.0 Å². The maximum atomic E-state index is 12.3. The number of aromatic amines is 1. The summed E-state index contributed by atoms with van der Waals surface area (Å²) >= 11 is 3.25. The second kappa shape index (κ2) is 4.70. The minimum atomic E-state index is -2.89. The summed E-state index contributed by atoms with van der Waals surface area (Å²) in [6, 6.07) is 4.67. The van der Waals surface area contributed by atoms with Gasteiger partial charge in [-0.2, -0.15) is 13.9 Å². The van der Waals surface area contributed by atoms with Crippen molar-refractivity contribution >= 4 is 21.6 Å². The van der Waals surface area contributed by atoms with Gasteiger partial charge in [0, 0.05) is 10.0 Å². The number of nitrogens with one attached hydrogen (secondary N) is 1. The lowest BCUT2D eigenvalue weighted by Gasteiger charge is -2.10. The van der Waals surface area contributed by atoms with E-state index in [9.17, 15) is 8.78 Å². The average Bonchev–Trinajstić information content (AvgIpc) is 2.66. The molecule has 0 saturated carbocycles. The number of aromatic nitrogens is 2. The van der Waals surface area contributed by atoms with Crippen LogP contribution in [0.2, 0.25) is 0 Å². The van der Waals surface area contributed by atoms with E-state index in [1.807, 2.05) is 0 Å². The normalized spacial score (nSPS) is 10.8. The number of benzene rings is 1. The van der Waals surface area contributed by atoms with Crippen molar-refractivity contribution in [2.75, 3.05) is 5.73 Å². The van der Waals surface area contributed by atoms with Crippen LogP contribution in [0.25, 0.3) is 11.3 Å². The fourth-order valence-corrected chi connectivity index (χ4v) is 1.77. The molecule has 1 aromatic heterocycles. The van der Waals surface area contributed by atoms with Crippen LogP contribution in [-0.2, 0) is 0 Å². The first kappa shape index (κ1) is 11.8. The maximum Gasteiger partial charge on any atom is 0.387 e. The topological polar surface area (TPSA) is 63.9 Å². The molecule has 2 aromatic rings. The van der Waals surface area contributed by atoms with Gasteiger partial charge in [0.15, 0.2) is 0 Å². The Hall–Kier alpha value is -1.63. The maximum absolute atomic E-state index is 12.3. The number of hydrogen-bond donors (Lipinski definition) is 2. The summed E-state index contributed by atoms with van der Waals surface area (Å²) in [4.78, 5) is 0. The highest BCUT2D eigenvalue weighted by Crippen LogP contribution is 2.35. The minimum Gasteiger partial charge on any atom is -0.434 e. The third kappa shape index (κ3) is 2.55. The van der Waals surface area contributed by atoms with E-state index in [0.717, 1.165) is 4.47 Å². The predicted octanol–water partition coefficient (Wildman–Crippen LogP) is 3.02. The van der Waals surface area contributed by atoms with E-state index in [0.29, 0.717) is 16.9 Å². The van der Waals surface area contributed by atoms with Crippen LogP contribution in [0.15, 0.2) is 28.9 Å². The number of ether oxygens (including phenoxy) is 1. The Morgan fingerprint density at radius 3 is 2.76 bits per heavy atom. The molecule has 0 spiro atoms. The van der Waals surface area contributed by atoms with Crippen molar-refractivity contribution < 1.29 is 13.5 Å². The van der Waals surface area contributed by atoms with E-state index < -0.39 is 6.61 Å². The number of alkyl halides is 2. The van der Waals surface area contributed by atoms with Gasteiger partial charge in [-0.1, -0.05) is 15.9 Å². The van der Waals surface area contributed by atoms with Gasteiger partial charge in [-0.25, -0.2) is 0 Å². The van der Waals surface area contributed by atoms with Gasteiger partial charge in [0.25, 0.3) is 0 Å². The van der Waals surface area contributed by atoms with Crippen molar-refractivity contribution in [3.63, 3.8) is 0 Å². The van der Waals surface area contributed by atoms with E-state index >= 15 is 0 Å². The molecule has 0 unspecified atom stereocenters. The fraction of sp³-hybridized carbons (Fsp3) is 0.100. The molecule has 3 N–H and O–H groups in total. The molecule has 0 fully saturated rings. The molecular weight excluding hydrogens is 296 g/mol. The zero-order valence-corrected chi connectivity index (χ0v) is 10.0. The van der Waals surface area contributed by atoms with E-state index in [-0.39, 0.29) is 5.75 Å². The Bertz CT molecular complexity index is 530. The summed E-state index contributed by atoms with van der Waals surface area (Å²) < 4.78 is 29.7. The lowest BCUT2D eigenvalue weighted by molar-refractivity contribution is -0.0494. The monoisotopic (exact) mass is 303 g/mol. The van der Waals surface area contributed by atoms with Crippen molar-refractivity contribution in [1.29, 1.82) is 0 Å². The molecule has 0 saturated heterocycles. The van der Waals surface area contributed by atoms with E-state index in [4.69, 9.17) is 5.73 Å². The van der Waals surface area contributed by atoms with Gasteiger partial charge in [-0.3, -0.25) is 5.10 Å². The third-order valence-corrected chi connectivity index (χ3v) is 2.59. The van der Waals surface area contributed by atoms with Gasteiger partial charge in [0.1, 0.15) is 5.75 Å². The van der Waals surface area contributed by atoms with Gasteiger partial charge < -0.3 is 10.5 Å². The molecule has 0 aliphatic rings. The highest BCUT2D eigenvalue weighted by atomic mass is 79.9. The zero-order valence-electron chi connectivity index (χ0n) is 8.45. The molecule has 90 valence electrons. The van der Waals surface area contributed by atoms with Crippen molar-refractivity contribution in [3.05, 3.63) is 28.9 Å². The number of nitrogen functional groups attached to an aromatic ring is 1. The van der Waals surface area contributed by atoms with E-state index in [1.54, 1.807) is 12.1 Å². The van der Waals surface area contributed by atoms with E-state index in [2.05, 4.69) is 30.9 Å². The Balaban J connectivity index is 2.51. The largest absolute Gasteiger partial charge is 0.434 e. The van der Waals surface area contributed by atoms with Crippen LogP contribution >= 0.6 is 15.9 Å². The predicted molar refractivity (Wildman–Crippen MR) is 62.8 cm³/mol. The highest BCUT2D eigenvalue weighted by molar-refractivity contribution is 9.10. The lowest BCUT2D eigenvalue weighted by Crippen LogP contribution is -2.03. The molecule has 4 nitrogen and oxygen atoms in total. The number of H-pyrrole nitrogens is 1. The van der Waals surface area contributed by atoms with Crippen LogP contribution in [0.3, 0.4) is 0 Å². The first-order chi connectivity index (χ1) is 8.08. The first-order valence-electron chi connectivity index (χ1n) is 4.61. The number of anilines is 1. The molecule has 0 atom stereocenters. The molecule has 17 heavy (non-hydrogen) atoms. The van der Waals surface area contributed by atoms with E-state index in [1.165, 1.54) is 12.3 Å². The van der Waals surface area contributed by atoms with Crippen molar-refractivity contribution in [2.24, 2.45) is 0 Å². The molecule has 0 amide bonds. The van der Waals surface area contributed by atoms with Crippen LogP contribution in [0.5, 0.6) is 5.75 Å². The Labute approximate surface area is 104 Å². The number of halogens is 3. The molecule has 0 aliphatic carbocycles. The molecule has 0 aliphatic heterocycles. The Morgan fingerprint density at radius 1 is 1.41 bits per heavy atom. The van der Waals surface area contributed by atoms with Crippen molar-refractivity contribution in [1.82, 2.24) is 10.2 Å². The van der Waals surface area contributed by atoms with Crippen LogP contribution in [0.4, 0.5) is 14.5 Å². The molecule has 1 aromatic carbocycles. The molecule has 1 heterocycles. The summed E-state index contributed by atoms with van der Waals surface area (Å²) in [5, 5.41) is 6.38. The smallest absolute Gasteiger partial charge is 0.387 e. The zero-order chi connectivity index (χ0) is 12.4. The number of hydrogen-bond acceptors (Lipinski definition) is 3. The Kier molecular flexibility index (Phi) is 3.28. The van der Waals surface area contributed by atoms with Gasteiger partial charge >= 0.3 is 6.61 Å². The molecule has 0 bridgehead atoms. The van der Waals surface area contributed by atoms with Gasteiger partial charge in [-0.15, -0.1) is 0 Å². The van der Waals surface area contributed by atoms with Crippen LogP contribution in [0, 0.1) is 0 Å². The number of rotatable bonds is 3. The summed E-state index contributed by atoms with van der Waals surface area (Å²) in [7, 11) is 0. The standard InChI is InChI=1S/C10H8BrF2N3O/c11-5-1-2-8(17-10(12)13)6(3-5)9-7(14)4-15-16-9/h1-4,10H,14H2,(H,15,16).